The number of methoxy groups -OCH3 is 1. The van der Waals surface area contributed by atoms with E-state index in [0.717, 1.165) is 11.3 Å². The van der Waals surface area contributed by atoms with Gasteiger partial charge >= 0.3 is 0 Å². The third kappa shape index (κ3) is 5.22. The van der Waals surface area contributed by atoms with Crippen LogP contribution in [0.1, 0.15) is 12.0 Å². The highest BCUT2D eigenvalue weighted by atomic mass is 19.1. The van der Waals surface area contributed by atoms with Gasteiger partial charge in [-0.25, -0.2) is 4.39 Å². The lowest BCUT2D eigenvalue weighted by Gasteiger charge is -2.16. The fraction of sp³-hybridized carbons (Fsp3) is 0.333. The van der Waals surface area contributed by atoms with E-state index >= 15 is 0 Å². The van der Waals surface area contributed by atoms with Crippen LogP contribution in [0.4, 0.5) is 4.39 Å². The van der Waals surface area contributed by atoms with Crippen molar-refractivity contribution in [2.75, 3.05) is 26.8 Å². The van der Waals surface area contributed by atoms with E-state index in [1.807, 2.05) is 0 Å². The van der Waals surface area contributed by atoms with Gasteiger partial charge in [0.05, 0.1) is 19.6 Å². The Morgan fingerprint density at radius 3 is 2.50 bits per heavy atom. The lowest BCUT2D eigenvalue weighted by atomic mass is 10.1. The van der Waals surface area contributed by atoms with Crippen molar-refractivity contribution in [1.82, 2.24) is 10.2 Å². The SMILES string of the molecule is COc1ccc(OCCNC(=O)C2CC(=O)N(Cc3ccc(F)cc3)C2)cc1. The molecule has 1 fully saturated rings. The van der Waals surface area contributed by atoms with Crippen LogP contribution in [0.5, 0.6) is 11.5 Å². The van der Waals surface area contributed by atoms with Crippen LogP contribution >= 0.6 is 0 Å². The number of benzene rings is 2. The molecule has 0 radical (unpaired) electrons. The van der Waals surface area contributed by atoms with Gasteiger partial charge in [0.1, 0.15) is 23.9 Å². The Balaban J connectivity index is 1.40. The Morgan fingerprint density at radius 1 is 1.14 bits per heavy atom. The molecule has 1 aliphatic heterocycles. The lowest BCUT2D eigenvalue weighted by Crippen LogP contribution is -2.35. The molecule has 6 nitrogen and oxygen atoms in total. The summed E-state index contributed by atoms with van der Waals surface area (Å²) in [5.41, 5.74) is 0.837. The zero-order valence-electron chi connectivity index (χ0n) is 15.7. The molecule has 0 saturated carbocycles. The molecule has 0 aromatic heterocycles. The maximum atomic E-state index is 13.0. The van der Waals surface area contributed by atoms with Crippen LogP contribution in [0.15, 0.2) is 48.5 Å². The average molecular weight is 386 g/mol. The number of amides is 2. The molecule has 1 unspecified atom stereocenters. The molecule has 1 atom stereocenters. The summed E-state index contributed by atoms with van der Waals surface area (Å²) >= 11 is 0. The monoisotopic (exact) mass is 386 g/mol. The number of nitrogens with one attached hydrogen (secondary N) is 1. The maximum Gasteiger partial charge on any atom is 0.225 e. The molecule has 148 valence electrons. The molecule has 1 N–H and O–H groups in total. The molecule has 2 amide bonds. The highest BCUT2D eigenvalue weighted by Gasteiger charge is 2.34. The van der Waals surface area contributed by atoms with Gasteiger partial charge in [-0.3, -0.25) is 9.59 Å². The number of carbonyl (C=O) groups is 2. The Kier molecular flexibility index (Phi) is 6.47. The fourth-order valence-corrected chi connectivity index (χ4v) is 3.07. The van der Waals surface area contributed by atoms with Gasteiger partial charge in [0.2, 0.25) is 11.8 Å². The van der Waals surface area contributed by atoms with Crippen molar-refractivity contribution < 1.29 is 23.5 Å². The third-order valence-electron chi connectivity index (χ3n) is 4.60. The molecule has 7 heteroatoms. The quantitative estimate of drug-likeness (QED) is 0.708. The number of carbonyl (C=O) groups excluding carboxylic acids is 2. The average Bonchev–Trinajstić information content (AvgIpc) is 3.08. The van der Waals surface area contributed by atoms with Crippen LogP contribution in [0.25, 0.3) is 0 Å². The van der Waals surface area contributed by atoms with Crippen molar-refractivity contribution >= 4 is 11.8 Å². The molecule has 0 bridgehead atoms. The van der Waals surface area contributed by atoms with Crippen molar-refractivity contribution in [3.05, 3.63) is 59.9 Å². The molecule has 1 saturated heterocycles. The summed E-state index contributed by atoms with van der Waals surface area (Å²) in [6.07, 6.45) is 0.187. The van der Waals surface area contributed by atoms with Gasteiger partial charge in [-0.15, -0.1) is 0 Å². The first-order valence-electron chi connectivity index (χ1n) is 9.12. The Bertz CT molecular complexity index is 808. The normalized spacial score (nSPS) is 16.1. The molecule has 1 aliphatic rings. The minimum atomic E-state index is -0.381. The predicted molar refractivity (Wildman–Crippen MR) is 101 cm³/mol. The van der Waals surface area contributed by atoms with Crippen LogP contribution in [0.3, 0.4) is 0 Å². The number of ether oxygens (including phenoxy) is 2. The topological polar surface area (TPSA) is 67.9 Å². The number of hydrogen-bond donors (Lipinski definition) is 1. The van der Waals surface area contributed by atoms with Crippen LogP contribution in [0, 0.1) is 11.7 Å². The van der Waals surface area contributed by atoms with Crippen LogP contribution in [-0.2, 0) is 16.1 Å². The van der Waals surface area contributed by atoms with Gasteiger partial charge in [0, 0.05) is 19.5 Å². The smallest absolute Gasteiger partial charge is 0.225 e. The zero-order valence-corrected chi connectivity index (χ0v) is 15.7. The van der Waals surface area contributed by atoms with Crippen molar-refractivity contribution in [3.8, 4) is 11.5 Å². The minimum absolute atomic E-state index is 0.0704. The summed E-state index contributed by atoms with van der Waals surface area (Å²) in [5, 5.41) is 2.81. The largest absolute Gasteiger partial charge is 0.497 e. The van der Waals surface area contributed by atoms with E-state index in [2.05, 4.69) is 5.32 Å². The van der Waals surface area contributed by atoms with E-state index in [0.29, 0.717) is 32.0 Å². The van der Waals surface area contributed by atoms with Gasteiger partial charge < -0.3 is 19.7 Å². The summed E-state index contributed by atoms with van der Waals surface area (Å²) in [5.74, 6) is 0.514. The molecule has 0 aliphatic carbocycles. The first kappa shape index (κ1) is 19.7. The van der Waals surface area contributed by atoms with Gasteiger partial charge in [0.15, 0.2) is 0 Å². The Labute approximate surface area is 163 Å². The number of halogens is 1. The number of hydrogen-bond acceptors (Lipinski definition) is 4. The van der Waals surface area contributed by atoms with E-state index in [-0.39, 0.29) is 30.0 Å². The van der Waals surface area contributed by atoms with Crippen molar-refractivity contribution in [2.45, 2.75) is 13.0 Å². The first-order valence-corrected chi connectivity index (χ1v) is 9.12. The van der Waals surface area contributed by atoms with E-state index in [9.17, 15) is 14.0 Å². The van der Waals surface area contributed by atoms with Gasteiger partial charge in [-0.1, -0.05) is 12.1 Å². The molecular weight excluding hydrogens is 363 g/mol. The number of rotatable bonds is 8. The summed E-state index contributed by atoms with van der Waals surface area (Å²) in [4.78, 5) is 26.1. The molecule has 0 spiro atoms. The predicted octanol–water partition coefficient (Wildman–Crippen LogP) is 2.38. The summed E-state index contributed by atoms with van der Waals surface area (Å²) < 4.78 is 23.6. The number of likely N-dealkylation sites (tertiary alicyclic amines) is 1. The summed E-state index contributed by atoms with van der Waals surface area (Å²) in [6.45, 7) is 1.43. The Morgan fingerprint density at radius 2 is 1.82 bits per heavy atom. The molecule has 2 aromatic carbocycles. The van der Waals surface area contributed by atoms with Crippen LogP contribution in [0.2, 0.25) is 0 Å². The number of nitrogens with zero attached hydrogens (tertiary/aromatic N) is 1. The third-order valence-corrected chi connectivity index (χ3v) is 4.60. The second-order valence-corrected chi connectivity index (χ2v) is 6.62. The van der Waals surface area contributed by atoms with E-state index in [1.165, 1.54) is 12.1 Å². The first-order chi connectivity index (χ1) is 13.5. The van der Waals surface area contributed by atoms with E-state index in [1.54, 1.807) is 48.4 Å². The molecule has 2 aromatic rings. The van der Waals surface area contributed by atoms with E-state index in [4.69, 9.17) is 9.47 Å². The maximum absolute atomic E-state index is 13.0. The standard InChI is InChI=1S/C21H23FN2O4/c1-27-18-6-8-19(9-7-18)28-11-10-23-21(26)16-12-20(25)24(14-16)13-15-2-4-17(22)5-3-15/h2-9,16H,10-14H2,1H3,(H,23,26). The minimum Gasteiger partial charge on any atom is -0.497 e. The van der Waals surface area contributed by atoms with E-state index < -0.39 is 0 Å². The van der Waals surface area contributed by atoms with Crippen LogP contribution < -0.4 is 14.8 Å². The highest BCUT2D eigenvalue weighted by molar-refractivity contribution is 5.89. The van der Waals surface area contributed by atoms with Gasteiger partial charge in [-0.05, 0) is 42.0 Å². The molecule has 28 heavy (non-hydrogen) atoms. The summed E-state index contributed by atoms with van der Waals surface area (Å²) in [6, 6.07) is 13.2. The van der Waals surface area contributed by atoms with Crippen LogP contribution in [-0.4, -0.2) is 43.5 Å². The van der Waals surface area contributed by atoms with Gasteiger partial charge in [0.25, 0.3) is 0 Å². The van der Waals surface area contributed by atoms with Gasteiger partial charge in [-0.2, -0.15) is 0 Å². The molecular formula is C21H23FN2O4. The molecule has 1 heterocycles. The van der Waals surface area contributed by atoms with Crippen molar-refractivity contribution in [1.29, 1.82) is 0 Å². The van der Waals surface area contributed by atoms with Crippen molar-refractivity contribution in [3.63, 3.8) is 0 Å². The Hall–Kier alpha value is -3.09. The lowest BCUT2D eigenvalue weighted by molar-refractivity contribution is -0.129. The second-order valence-electron chi connectivity index (χ2n) is 6.62. The van der Waals surface area contributed by atoms with Crippen molar-refractivity contribution in [2.24, 2.45) is 5.92 Å². The molecule has 3 rings (SSSR count). The fourth-order valence-electron chi connectivity index (χ4n) is 3.07. The summed E-state index contributed by atoms with van der Waals surface area (Å²) in [7, 11) is 1.60. The second kappa shape index (κ2) is 9.21. The highest BCUT2D eigenvalue weighted by Crippen LogP contribution is 2.21. The zero-order chi connectivity index (χ0) is 19.9.